The van der Waals surface area contributed by atoms with E-state index in [9.17, 15) is 0 Å². The molecule has 0 aliphatic heterocycles. The Balaban J connectivity index is 2.37. The molecule has 0 aliphatic carbocycles. The van der Waals surface area contributed by atoms with Crippen LogP contribution in [0.15, 0.2) is 24.3 Å². The third-order valence-corrected chi connectivity index (χ3v) is 3.58. The molecule has 0 saturated carbocycles. The lowest BCUT2D eigenvalue weighted by Crippen LogP contribution is -1.96. The lowest BCUT2D eigenvalue weighted by atomic mass is 10.3. The first-order valence-corrected chi connectivity index (χ1v) is 6.60. The zero-order valence-corrected chi connectivity index (χ0v) is 12.4. The quantitative estimate of drug-likeness (QED) is 0.668. The summed E-state index contributed by atoms with van der Waals surface area (Å²) in [6, 6.07) is 6.52. The second kappa shape index (κ2) is 5.72. The molecule has 0 aliphatic rings. The fourth-order valence-electron chi connectivity index (χ4n) is 1.25. The van der Waals surface area contributed by atoms with Gasteiger partial charge in [0.05, 0.1) is 20.8 Å². The van der Waals surface area contributed by atoms with Crippen LogP contribution in [-0.2, 0) is 0 Å². The van der Waals surface area contributed by atoms with E-state index in [-0.39, 0.29) is 10.2 Å². The fraction of sp³-hybridized carbons (Fsp3) is 0. The summed E-state index contributed by atoms with van der Waals surface area (Å²) in [5.41, 5.74) is 0.619. The number of hydrogen-bond acceptors (Lipinski definition) is 2. The second-order valence-electron chi connectivity index (χ2n) is 3.34. The fourth-order valence-corrected chi connectivity index (χ4v) is 2.25. The predicted octanol–water partition coefficient (Wildman–Crippen LogP) is 6.09. The van der Waals surface area contributed by atoms with Crippen molar-refractivity contribution < 1.29 is 0 Å². The number of nitrogens with one attached hydrogen (secondary N) is 1. The topological polar surface area (TPSA) is 24.9 Å². The monoisotopic (exact) mass is 340 g/mol. The smallest absolute Gasteiger partial charge is 0.151 e. The first-order chi connectivity index (χ1) is 8.47. The maximum absolute atomic E-state index is 6.03. The van der Waals surface area contributed by atoms with Crippen molar-refractivity contribution in [1.82, 2.24) is 4.98 Å². The number of pyridine rings is 1. The number of anilines is 2. The third-order valence-electron chi connectivity index (χ3n) is 2.07. The lowest BCUT2D eigenvalue weighted by Gasteiger charge is -2.10. The summed E-state index contributed by atoms with van der Waals surface area (Å²) in [6.45, 7) is 0. The molecule has 0 bridgehead atoms. The molecular formula is C11H5Cl5N2. The molecule has 0 spiro atoms. The Bertz CT molecular complexity index is 600. The number of nitrogens with zero attached hydrogens (tertiary/aromatic N) is 1. The summed E-state index contributed by atoms with van der Waals surface area (Å²) < 4.78 is 0. The van der Waals surface area contributed by atoms with E-state index in [1.165, 1.54) is 6.07 Å². The molecule has 1 heterocycles. The Hall–Kier alpha value is -0.380. The van der Waals surface area contributed by atoms with Crippen LogP contribution in [0.5, 0.6) is 0 Å². The molecule has 94 valence electrons. The average Bonchev–Trinajstić information content (AvgIpc) is 2.29. The molecule has 2 aromatic rings. The molecule has 0 unspecified atom stereocenters. The first kappa shape index (κ1) is 14.0. The molecule has 7 heteroatoms. The van der Waals surface area contributed by atoms with Crippen LogP contribution in [0.25, 0.3) is 0 Å². The molecule has 0 fully saturated rings. The SMILES string of the molecule is Clc1ccc(Nc2nc(Cl)c(Cl)cc2Cl)c(Cl)c1. The van der Waals surface area contributed by atoms with E-state index in [4.69, 9.17) is 58.0 Å². The van der Waals surface area contributed by atoms with Gasteiger partial charge >= 0.3 is 0 Å². The minimum absolute atomic E-state index is 0.161. The number of aromatic nitrogens is 1. The van der Waals surface area contributed by atoms with E-state index in [0.717, 1.165) is 0 Å². The maximum Gasteiger partial charge on any atom is 0.151 e. The summed E-state index contributed by atoms with van der Waals surface area (Å²) in [6.07, 6.45) is 0. The van der Waals surface area contributed by atoms with Crippen LogP contribution < -0.4 is 5.32 Å². The molecule has 18 heavy (non-hydrogen) atoms. The molecule has 2 nitrogen and oxygen atoms in total. The predicted molar refractivity (Wildman–Crippen MR) is 79.0 cm³/mol. The van der Waals surface area contributed by atoms with Crippen LogP contribution >= 0.6 is 58.0 Å². The maximum atomic E-state index is 6.03. The molecule has 0 atom stereocenters. The van der Waals surface area contributed by atoms with E-state index in [1.807, 2.05) is 0 Å². The van der Waals surface area contributed by atoms with Gasteiger partial charge in [0.2, 0.25) is 0 Å². The van der Waals surface area contributed by atoms with Crippen molar-refractivity contribution in [2.24, 2.45) is 0 Å². The van der Waals surface area contributed by atoms with Crippen LogP contribution in [0.3, 0.4) is 0 Å². The minimum Gasteiger partial charge on any atom is -0.338 e. The highest BCUT2D eigenvalue weighted by Crippen LogP contribution is 2.33. The van der Waals surface area contributed by atoms with E-state index < -0.39 is 0 Å². The molecule has 0 saturated heterocycles. The molecular weight excluding hydrogens is 337 g/mol. The highest BCUT2D eigenvalue weighted by atomic mass is 35.5. The minimum atomic E-state index is 0.161. The van der Waals surface area contributed by atoms with Gasteiger partial charge in [-0.15, -0.1) is 0 Å². The Morgan fingerprint density at radius 3 is 2.22 bits per heavy atom. The summed E-state index contributed by atoms with van der Waals surface area (Å²) in [7, 11) is 0. The van der Waals surface area contributed by atoms with Gasteiger partial charge in [-0.1, -0.05) is 58.0 Å². The molecule has 0 amide bonds. The van der Waals surface area contributed by atoms with Gasteiger partial charge in [0.25, 0.3) is 0 Å². The Kier molecular flexibility index (Phi) is 4.46. The molecule has 0 radical (unpaired) electrons. The van der Waals surface area contributed by atoms with Crippen molar-refractivity contribution in [2.45, 2.75) is 0 Å². The van der Waals surface area contributed by atoms with Gasteiger partial charge in [0.1, 0.15) is 5.15 Å². The Labute approximate surface area is 129 Å². The summed E-state index contributed by atoms with van der Waals surface area (Å²) in [5.74, 6) is 0.371. The van der Waals surface area contributed by atoms with Crippen LogP contribution in [0.2, 0.25) is 25.2 Å². The van der Waals surface area contributed by atoms with Crippen LogP contribution in [0.4, 0.5) is 11.5 Å². The van der Waals surface area contributed by atoms with Crippen molar-refractivity contribution in [2.75, 3.05) is 5.32 Å². The van der Waals surface area contributed by atoms with Crippen molar-refractivity contribution in [3.05, 3.63) is 49.5 Å². The zero-order valence-electron chi connectivity index (χ0n) is 8.65. The number of hydrogen-bond donors (Lipinski definition) is 1. The van der Waals surface area contributed by atoms with Crippen molar-refractivity contribution in [3.8, 4) is 0 Å². The van der Waals surface area contributed by atoms with Gasteiger partial charge in [-0.3, -0.25) is 0 Å². The molecule has 2 rings (SSSR count). The summed E-state index contributed by atoms with van der Waals surface area (Å²) >= 11 is 29.4. The van der Waals surface area contributed by atoms with Gasteiger partial charge in [-0.2, -0.15) is 0 Å². The molecule has 1 aromatic carbocycles. The first-order valence-electron chi connectivity index (χ1n) is 4.71. The highest BCUT2D eigenvalue weighted by Gasteiger charge is 2.09. The average molecular weight is 342 g/mol. The van der Waals surface area contributed by atoms with Crippen LogP contribution in [0, 0.1) is 0 Å². The molecule has 1 N–H and O–H groups in total. The lowest BCUT2D eigenvalue weighted by molar-refractivity contribution is 1.31. The van der Waals surface area contributed by atoms with Crippen LogP contribution in [-0.4, -0.2) is 4.98 Å². The van der Waals surface area contributed by atoms with Gasteiger partial charge in [0, 0.05) is 5.02 Å². The highest BCUT2D eigenvalue weighted by molar-refractivity contribution is 6.43. The van der Waals surface area contributed by atoms with Gasteiger partial charge in [-0.05, 0) is 24.3 Å². The Morgan fingerprint density at radius 1 is 0.833 bits per heavy atom. The number of rotatable bonds is 2. The van der Waals surface area contributed by atoms with E-state index in [0.29, 0.717) is 26.6 Å². The summed E-state index contributed by atoms with van der Waals surface area (Å²) in [5, 5.41) is 4.74. The van der Waals surface area contributed by atoms with Gasteiger partial charge in [0.15, 0.2) is 5.82 Å². The number of benzene rings is 1. The van der Waals surface area contributed by atoms with Crippen molar-refractivity contribution in [3.63, 3.8) is 0 Å². The normalized spacial score (nSPS) is 10.5. The molecule has 1 aromatic heterocycles. The zero-order chi connectivity index (χ0) is 13.3. The Morgan fingerprint density at radius 2 is 1.56 bits per heavy atom. The van der Waals surface area contributed by atoms with Crippen molar-refractivity contribution >= 4 is 69.5 Å². The van der Waals surface area contributed by atoms with E-state index in [2.05, 4.69) is 10.3 Å². The number of halogens is 5. The van der Waals surface area contributed by atoms with E-state index in [1.54, 1.807) is 18.2 Å². The van der Waals surface area contributed by atoms with Gasteiger partial charge in [-0.25, -0.2) is 4.98 Å². The standard InChI is InChI=1S/C11H5Cl5N2/c12-5-1-2-9(6(13)3-5)17-11-8(15)4-7(14)10(16)18-11/h1-4H,(H,17,18). The van der Waals surface area contributed by atoms with E-state index >= 15 is 0 Å². The van der Waals surface area contributed by atoms with Crippen molar-refractivity contribution in [1.29, 1.82) is 0 Å². The van der Waals surface area contributed by atoms with Crippen LogP contribution in [0.1, 0.15) is 0 Å². The second-order valence-corrected chi connectivity index (χ2v) is 5.36. The summed E-state index contributed by atoms with van der Waals surface area (Å²) in [4.78, 5) is 4.03. The third kappa shape index (κ3) is 3.14. The largest absolute Gasteiger partial charge is 0.338 e. The van der Waals surface area contributed by atoms with Gasteiger partial charge < -0.3 is 5.32 Å².